The summed E-state index contributed by atoms with van der Waals surface area (Å²) < 4.78 is 0. The van der Waals surface area contributed by atoms with Gasteiger partial charge >= 0.3 is 0 Å². The van der Waals surface area contributed by atoms with Crippen LogP contribution in [0, 0.1) is 0 Å². The average Bonchev–Trinajstić information content (AvgIpc) is 2.68. The van der Waals surface area contributed by atoms with Crippen LogP contribution < -0.4 is 11.1 Å². The van der Waals surface area contributed by atoms with Crippen LogP contribution in [0.5, 0.6) is 0 Å². The van der Waals surface area contributed by atoms with Crippen molar-refractivity contribution in [2.75, 3.05) is 33.2 Å². The molecule has 3 saturated heterocycles. The summed E-state index contributed by atoms with van der Waals surface area (Å²) in [6.45, 7) is 3.98. The van der Waals surface area contributed by atoms with Gasteiger partial charge in [-0.3, -0.25) is 9.69 Å². The summed E-state index contributed by atoms with van der Waals surface area (Å²) in [5.74, 6) is -0.0978. The highest BCUT2D eigenvalue weighted by molar-refractivity contribution is 5.85. The Morgan fingerprint density at radius 1 is 1.21 bits per heavy atom. The minimum Gasteiger partial charge on any atom is -0.368 e. The maximum atomic E-state index is 12.3. The lowest BCUT2D eigenvalue weighted by molar-refractivity contribution is -0.135. The molecule has 0 aromatic heterocycles. The first-order chi connectivity index (χ1) is 9.13. The standard InChI is InChI=1S/C14H26N4O/c1-17-11-3-4-12(17)10-14(9-11,13(15)19)18-7-2-5-16-6-8-18/h11-12,16H,2-10H2,1H3,(H2,15,19). The van der Waals surface area contributed by atoms with E-state index in [1.165, 1.54) is 12.8 Å². The van der Waals surface area contributed by atoms with Crippen molar-refractivity contribution < 1.29 is 4.79 Å². The first-order valence-electron chi connectivity index (χ1n) is 7.61. The van der Waals surface area contributed by atoms with E-state index in [2.05, 4.69) is 22.2 Å². The molecular formula is C14H26N4O. The summed E-state index contributed by atoms with van der Waals surface area (Å²) >= 11 is 0. The van der Waals surface area contributed by atoms with E-state index in [1.54, 1.807) is 0 Å². The van der Waals surface area contributed by atoms with Crippen molar-refractivity contribution in [2.24, 2.45) is 5.73 Å². The molecule has 5 nitrogen and oxygen atoms in total. The Hall–Kier alpha value is -0.650. The van der Waals surface area contributed by atoms with Crippen LogP contribution in [0.25, 0.3) is 0 Å². The van der Waals surface area contributed by atoms with Gasteiger partial charge < -0.3 is 16.0 Å². The lowest BCUT2D eigenvalue weighted by Gasteiger charge is -2.49. The monoisotopic (exact) mass is 266 g/mol. The molecule has 3 fully saturated rings. The summed E-state index contributed by atoms with van der Waals surface area (Å²) in [5.41, 5.74) is 5.48. The highest BCUT2D eigenvalue weighted by atomic mass is 16.1. The van der Waals surface area contributed by atoms with Crippen LogP contribution in [-0.2, 0) is 4.79 Å². The average molecular weight is 266 g/mol. The molecule has 3 aliphatic heterocycles. The third-order valence-electron chi connectivity index (χ3n) is 5.54. The Morgan fingerprint density at radius 3 is 2.53 bits per heavy atom. The van der Waals surface area contributed by atoms with Crippen LogP contribution in [0.3, 0.4) is 0 Å². The molecule has 2 atom stereocenters. The topological polar surface area (TPSA) is 61.6 Å². The predicted octanol–water partition coefficient (Wildman–Crippen LogP) is -0.238. The zero-order valence-corrected chi connectivity index (χ0v) is 11.9. The molecule has 0 aliphatic carbocycles. The number of carbonyl (C=O) groups is 1. The summed E-state index contributed by atoms with van der Waals surface area (Å²) in [6, 6.07) is 1.09. The molecule has 3 rings (SSSR count). The Kier molecular flexibility index (Phi) is 3.53. The molecule has 3 heterocycles. The van der Waals surface area contributed by atoms with Crippen molar-refractivity contribution in [1.82, 2.24) is 15.1 Å². The second kappa shape index (κ2) is 5.04. The zero-order valence-electron chi connectivity index (χ0n) is 11.9. The number of hydrogen-bond acceptors (Lipinski definition) is 4. The number of piperidine rings is 1. The summed E-state index contributed by atoms with van der Waals surface area (Å²) in [6.07, 6.45) is 5.41. The number of amides is 1. The fourth-order valence-electron chi connectivity index (χ4n) is 4.33. The number of nitrogens with one attached hydrogen (secondary N) is 1. The van der Waals surface area contributed by atoms with Crippen molar-refractivity contribution in [3.63, 3.8) is 0 Å². The molecule has 108 valence electrons. The van der Waals surface area contributed by atoms with E-state index in [4.69, 9.17) is 5.73 Å². The molecule has 19 heavy (non-hydrogen) atoms. The minimum absolute atomic E-state index is 0.0978. The molecule has 3 aliphatic rings. The number of hydrogen-bond donors (Lipinski definition) is 2. The predicted molar refractivity (Wildman–Crippen MR) is 74.8 cm³/mol. The van der Waals surface area contributed by atoms with Gasteiger partial charge in [0, 0.05) is 31.7 Å². The maximum Gasteiger partial charge on any atom is 0.238 e. The third-order valence-corrected chi connectivity index (χ3v) is 5.54. The quantitative estimate of drug-likeness (QED) is 0.724. The van der Waals surface area contributed by atoms with Gasteiger partial charge in [0.2, 0.25) is 5.91 Å². The summed E-state index contributed by atoms with van der Waals surface area (Å²) in [7, 11) is 2.21. The maximum absolute atomic E-state index is 12.3. The number of primary amides is 1. The second-order valence-corrected chi connectivity index (χ2v) is 6.45. The van der Waals surface area contributed by atoms with Gasteiger partial charge in [-0.15, -0.1) is 0 Å². The van der Waals surface area contributed by atoms with Gasteiger partial charge in [0.05, 0.1) is 0 Å². The van der Waals surface area contributed by atoms with Gasteiger partial charge in [-0.2, -0.15) is 0 Å². The summed E-state index contributed by atoms with van der Waals surface area (Å²) in [5, 5.41) is 3.42. The zero-order chi connectivity index (χ0) is 13.5. The number of fused-ring (bicyclic) bond motifs is 2. The van der Waals surface area contributed by atoms with E-state index < -0.39 is 0 Å². The van der Waals surface area contributed by atoms with Crippen molar-refractivity contribution in [3.05, 3.63) is 0 Å². The molecule has 0 aromatic rings. The van der Waals surface area contributed by atoms with Gasteiger partial charge in [0.25, 0.3) is 0 Å². The molecule has 2 unspecified atom stereocenters. The second-order valence-electron chi connectivity index (χ2n) is 6.45. The lowest BCUT2D eigenvalue weighted by atomic mass is 9.80. The molecule has 0 aromatic carbocycles. The number of rotatable bonds is 2. The van der Waals surface area contributed by atoms with Crippen LogP contribution >= 0.6 is 0 Å². The van der Waals surface area contributed by atoms with E-state index in [0.717, 1.165) is 45.4 Å². The Morgan fingerprint density at radius 2 is 1.89 bits per heavy atom. The van der Waals surface area contributed by atoms with Crippen LogP contribution in [0.1, 0.15) is 32.1 Å². The molecule has 2 bridgehead atoms. The van der Waals surface area contributed by atoms with Crippen LogP contribution in [0.15, 0.2) is 0 Å². The molecule has 5 heteroatoms. The largest absolute Gasteiger partial charge is 0.368 e. The van der Waals surface area contributed by atoms with Crippen molar-refractivity contribution in [3.8, 4) is 0 Å². The van der Waals surface area contributed by atoms with Crippen molar-refractivity contribution in [1.29, 1.82) is 0 Å². The molecule has 3 N–H and O–H groups in total. The van der Waals surface area contributed by atoms with Gasteiger partial charge in [0.15, 0.2) is 0 Å². The van der Waals surface area contributed by atoms with E-state index in [9.17, 15) is 4.79 Å². The fourth-order valence-corrected chi connectivity index (χ4v) is 4.33. The van der Waals surface area contributed by atoms with Crippen LogP contribution in [0.4, 0.5) is 0 Å². The normalized spacial score (nSPS) is 41.1. The van der Waals surface area contributed by atoms with Gasteiger partial charge in [-0.25, -0.2) is 0 Å². The number of carbonyl (C=O) groups excluding carboxylic acids is 1. The SMILES string of the molecule is CN1C2CCC1CC(C(N)=O)(N1CCCNCC1)C2. The van der Waals surface area contributed by atoms with E-state index in [-0.39, 0.29) is 11.4 Å². The van der Waals surface area contributed by atoms with Gasteiger partial charge in [-0.05, 0) is 45.7 Å². The lowest BCUT2D eigenvalue weighted by Crippen LogP contribution is -2.65. The molecule has 0 saturated carbocycles. The Balaban J connectivity index is 1.85. The molecule has 0 spiro atoms. The van der Waals surface area contributed by atoms with E-state index >= 15 is 0 Å². The fraction of sp³-hybridized carbons (Fsp3) is 0.929. The highest BCUT2D eigenvalue weighted by Gasteiger charge is 2.53. The van der Waals surface area contributed by atoms with Gasteiger partial charge in [-0.1, -0.05) is 0 Å². The van der Waals surface area contributed by atoms with Crippen LogP contribution in [0.2, 0.25) is 0 Å². The first-order valence-corrected chi connectivity index (χ1v) is 7.61. The molecule has 0 radical (unpaired) electrons. The molecule has 1 amide bonds. The van der Waals surface area contributed by atoms with E-state index in [1.807, 2.05) is 0 Å². The van der Waals surface area contributed by atoms with Crippen LogP contribution in [-0.4, -0.2) is 66.6 Å². The highest BCUT2D eigenvalue weighted by Crippen LogP contribution is 2.42. The minimum atomic E-state index is -0.385. The van der Waals surface area contributed by atoms with Crippen molar-refractivity contribution in [2.45, 2.75) is 49.7 Å². The third kappa shape index (κ3) is 2.18. The Bertz CT molecular complexity index is 337. The van der Waals surface area contributed by atoms with E-state index in [0.29, 0.717) is 12.1 Å². The first kappa shape index (κ1) is 13.3. The smallest absolute Gasteiger partial charge is 0.238 e. The Labute approximate surface area is 115 Å². The number of nitrogens with zero attached hydrogens (tertiary/aromatic N) is 2. The van der Waals surface area contributed by atoms with Crippen molar-refractivity contribution >= 4 is 5.91 Å². The molecular weight excluding hydrogens is 240 g/mol. The van der Waals surface area contributed by atoms with Gasteiger partial charge in [0.1, 0.15) is 5.54 Å². The number of nitrogens with two attached hydrogens (primary N) is 1. The summed E-state index contributed by atoms with van der Waals surface area (Å²) in [4.78, 5) is 17.1.